The van der Waals surface area contributed by atoms with Gasteiger partial charge in [0.1, 0.15) is 11.5 Å². The van der Waals surface area contributed by atoms with Gasteiger partial charge < -0.3 is 14.7 Å². The zero-order chi connectivity index (χ0) is 30.6. The van der Waals surface area contributed by atoms with Crippen LogP contribution >= 0.6 is 7.82 Å². The normalized spacial score (nSPS) is 19.5. The minimum atomic E-state index is -4.50. The summed E-state index contributed by atoms with van der Waals surface area (Å²) in [6.45, 7) is 15.8. The second-order valence-corrected chi connectivity index (χ2v) is 13.2. The molecule has 2 unspecified atom stereocenters. The van der Waals surface area contributed by atoms with Crippen LogP contribution in [0.25, 0.3) is 0 Å². The summed E-state index contributed by atoms with van der Waals surface area (Å²) in [5, 5.41) is 11.3. The van der Waals surface area contributed by atoms with Crippen molar-refractivity contribution >= 4 is 13.8 Å². The second kappa shape index (κ2) is 17.3. The molecule has 1 aromatic rings. The van der Waals surface area contributed by atoms with Crippen LogP contribution in [0.3, 0.4) is 0 Å². The van der Waals surface area contributed by atoms with E-state index in [2.05, 4.69) is 33.4 Å². The number of aromatic hydroxyl groups is 1. The molecule has 1 aromatic carbocycles. The maximum atomic E-state index is 13.6. The van der Waals surface area contributed by atoms with Gasteiger partial charge in [-0.25, -0.2) is 9.36 Å². The molecule has 0 aliphatic heterocycles. The van der Waals surface area contributed by atoms with E-state index in [1.165, 1.54) is 5.57 Å². The minimum Gasteiger partial charge on any atom is -0.507 e. The third kappa shape index (κ3) is 11.7. The molecule has 0 bridgehead atoms. The van der Waals surface area contributed by atoms with E-state index in [0.29, 0.717) is 12.0 Å². The molecule has 0 saturated carbocycles. The second-order valence-electron chi connectivity index (χ2n) is 11.9. The van der Waals surface area contributed by atoms with Crippen LogP contribution in [0.15, 0.2) is 35.9 Å². The first kappa shape index (κ1) is 35.3. The average Bonchev–Trinajstić information content (AvgIpc) is 2.86. The fourth-order valence-corrected chi connectivity index (χ4v) is 6.59. The largest absolute Gasteiger partial charge is 0.507 e. The van der Waals surface area contributed by atoms with Crippen LogP contribution in [0, 0.1) is 5.92 Å². The zero-order valence-electron chi connectivity index (χ0n) is 26.1. The number of rotatable bonds is 18. The van der Waals surface area contributed by atoms with Crippen molar-refractivity contribution in [2.45, 2.75) is 137 Å². The molecule has 0 saturated heterocycles. The van der Waals surface area contributed by atoms with Gasteiger partial charge in [0.15, 0.2) is 6.10 Å². The van der Waals surface area contributed by atoms with Gasteiger partial charge in [0.05, 0.1) is 6.10 Å². The van der Waals surface area contributed by atoms with Crippen LogP contribution < -0.4 is 4.74 Å². The summed E-state index contributed by atoms with van der Waals surface area (Å²) in [6.07, 6.45) is 10.8. The van der Waals surface area contributed by atoms with E-state index in [1.54, 1.807) is 19.9 Å². The number of hydrogen-bond acceptors (Lipinski definition) is 6. The molecule has 4 atom stereocenters. The SMILES string of the molecule is C=C(C)[C@@H]1CCC(C)=C[C@H]1c1c(O)cc(CCCCC)cc1OC(=O)C(CCCCCCC)OP(=O)(O)OC(C)C. The predicted molar refractivity (Wildman–Crippen MR) is 165 cm³/mol. The van der Waals surface area contributed by atoms with Gasteiger partial charge in [-0.1, -0.05) is 82.6 Å². The quantitative estimate of drug-likeness (QED) is 0.0576. The highest BCUT2D eigenvalue weighted by Gasteiger charge is 2.35. The van der Waals surface area contributed by atoms with Crippen LogP contribution in [-0.2, 0) is 24.8 Å². The van der Waals surface area contributed by atoms with E-state index in [4.69, 9.17) is 13.8 Å². The van der Waals surface area contributed by atoms with Crippen LogP contribution in [0.4, 0.5) is 0 Å². The summed E-state index contributed by atoms with van der Waals surface area (Å²) in [4.78, 5) is 24.0. The lowest BCUT2D eigenvalue weighted by Crippen LogP contribution is -2.29. The van der Waals surface area contributed by atoms with E-state index in [-0.39, 0.29) is 29.8 Å². The van der Waals surface area contributed by atoms with E-state index in [0.717, 1.165) is 75.3 Å². The topological polar surface area (TPSA) is 102 Å². The third-order valence-electron chi connectivity index (χ3n) is 7.61. The number of carbonyl (C=O) groups excluding carboxylic acids is 1. The number of allylic oxidation sites excluding steroid dienone is 3. The smallest absolute Gasteiger partial charge is 0.473 e. The molecular formula is C33H53O7P. The van der Waals surface area contributed by atoms with Gasteiger partial charge in [-0.15, -0.1) is 0 Å². The number of benzene rings is 1. The van der Waals surface area contributed by atoms with Crippen LogP contribution in [-0.4, -0.2) is 28.2 Å². The highest BCUT2D eigenvalue weighted by Crippen LogP contribution is 2.49. The average molecular weight is 593 g/mol. The van der Waals surface area contributed by atoms with Gasteiger partial charge in [0.2, 0.25) is 0 Å². The molecule has 8 heteroatoms. The van der Waals surface area contributed by atoms with Gasteiger partial charge in [-0.05, 0) is 83.4 Å². The van der Waals surface area contributed by atoms with Gasteiger partial charge in [-0.2, -0.15) is 0 Å². The molecule has 0 radical (unpaired) electrons. The first-order valence-electron chi connectivity index (χ1n) is 15.5. The van der Waals surface area contributed by atoms with Gasteiger partial charge in [0, 0.05) is 11.5 Å². The van der Waals surface area contributed by atoms with Crippen molar-refractivity contribution < 1.29 is 33.1 Å². The van der Waals surface area contributed by atoms with Crippen molar-refractivity contribution in [3.8, 4) is 11.5 Å². The molecule has 2 N–H and O–H groups in total. The maximum absolute atomic E-state index is 13.6. The highest BCUT2D eigenvalue weighted by molar-refractivity contribution is 7.47. The first-order chi connectivity index (χ1) is 19.4. The first-order valence-corrected chi connectivity index (χ1v) is 17.0. The van der Waals surface area contributed by atoms with E-state index >= 15 is 0 Å². The number of unbranched alkanes of at least 4 members (excludes halogenated alkanes) is 6. The lowest BCUT2D eigenvalue weighted by molar-refractivity contribution is -0.143. The van der Waals surface area contributed by atoms with Crippen molar-refractivity contribution in [3.63, 3.8) is 0 Å². The molecule has 0 aromatic heterocycles. The molecule has 2 rings (SSSR count). The number of phosphoric ester groups is 1. The highest BCUT2D eigenvalue weighted by atomic mass is 31.2. The Hall–Kier alpha value is -1.92. The fourth-order valence-electron chi connectivity index (χ4n) is 5.49. The number of phosphoric acid groups is 1. The molecule has 7 nitrogen and oxygen atoms in total. The maximum Gasteiger partial charge on any atom is 0.473 e. The van der Waals surface area contributed by atoms with E-state index < -0.39 is 26.0 Å². The molecule has 0 fully saturated rings. The summed E-state index contributed by atoms with van der Waals surface area (Å²) < 4.78 is 29.2. The molecule has 232 valence electrons. The Kier molecular flexibility index (Phi) is 14.8. The Morgan fingerprint density at radius 3 is 2.37 bits per heavy atom. The molecule has 1 aliphatic carbocycles. The molecule has 0 heterocycles. The van der Waals surface area contributed by atoms with Crippen molar-refractivity contribution in [2.24, 2.45) is 5.92 Å². The Bertz CT molecular complexity index is 1080. The third-order valence-corrected chi connectivity index (χ3v) is 8.82. The zero-order valence-corrected chi connectivity index (χ0v) is 27.0. The molecule has 1 aliphatic rings. The summed E-state index contributed by atoms with van der Waals surface area (Å²) in [7, 11) is -4.50. The number of aryl methyl sites for hydroxylation is 1. The summed E-state index contributed by atoms with van der Waals surface area (Å²) >= 11 is 0. The van der Waals surface area contributed by atoms with Gasteiger partial charge in [-0.3, -0.25) is 9.05 Å². The van der Waals surface area contributed by atoms with Crippen LogP contribution in [0.1, 0.15) is 129 Å². The summed E-state index contributed by atoms with van der Waals surface area (Å²) in [5.74, 6) is -0.555. The Balaban J connectivity index is 2.48. The minimum absolute atomic E-state index is 0.0794. The van der Waals surface area contributed by atoms with Crippen molar-refractivity contribution in [3.05, 3.63) is 47.1 Å². The van der Waals surface area contributed by atoms with Crippen LogP contribution in [0.5, 0.6) is 11.5 Å². The molecule has 0 spiro atoms. The Labute approximate surface area is 248 Å². The van der Waals surface area contributed by atoms with Crippen LogP contribution in [0.2, 0.25) is 0 Å². The van der Waals surface area contributed by atoms with Crippen molar-refractivity contribution in [2.75, 3.05) is 0 Å². The number of phenols is 1. The Morgan fingerprint density at radius 2 is 1.73 bits per heavy atom. The number of hydrogen-bond donors (Lipinski definition) is 2. The number of phenolic OH excluding ortho intramolecular Hbond substituents is 1. The standard InChI is InChI=1S/C33H53O7P/c1-8-10-12-13-15-17-30(40-41(36,37)39-24(5)6)33(35)38-31-22-26(16-14-11-9-2)21-29(34)32(31)28-20-25(7)18-19-27(28)23(3)4/h20-22,24,27-28,30,34H,3,8-19H2,1-2,4-7H3,(H,36,37)/t27-,28+,30?/m0/s1. The van der Waals surface area contributed by atoms with Crippen molar-refractivity contribution in [1.82, 2.24) is 0 Å². The summed E-state index contributed by atoms with van der Waals surface area (Å²) in [6, 6.07) is 3.60. The van der Waals surface area contributed by atoms with Gasteiger partial charge in [0.25, 0.3) is 0 Å². The molecular weight excluding hydrogens is 539 g/mol. The Morgan fingerprint density at radius 1 is 1.07 bits per heavy atom. The molecule has 41 heavy (non-hydrogen) atoms. The van der Waals surface area contributed by atoms with E-state index in [9.17, 15) is 19.4 Å². The van der Waals surface area contributed by atoms with Gasteiger partial charge >= 0.3 is 13.8 Å². The lowest BCUT2D eigenvalue weighted by Gasteiger charge is -2.32. The lowest BCUT2D eigenvalue weighted by atomic mass is 9.73. The summed E-state index contributed by atoms with van der Waals surface area (Å²) in [5.41, 5.74) is 3.62. The monoisotopic (exact) mass is 592 g/mol. The fraction of sp³-hybridized carbons (Fsp3) is 0.667. The van der Waals surface area contributed by atoms with E-state index in [1.807, 2.05) is 13.0 Å². The molecule has 0 amide bonds. The number of ether oxygens (including phenoxy) is 1. The number of carbonyl (C=O) groups is 1. The number of esters is 1. The van der Waals surface area contributed by atoms with Crippen molar-refractivity contribution in [1.29, 1.82) is 0 Å². The predicted octanol–water partition coefficient (Wildman–Crippen LogP) is 9.32.